The van der Waals surface area contributed by atoms with Gasteiger partial charge in [0.25, 0.3) is 11.8 Å². The molecule has 0 unspecified atom stereocenters. The highest BCUT2D eigenvalue weighted by Crippen LogP contribution is 2.42. The standard InChI is InChI=1S/C13H9Cl2F3N2O3S/c14-7-3-6(24-13(16,17)18)4-8(15)11(7)19-9-5-10(22)20(1-2-21)12(9)23/h3-5,19,21H,1-2H2. The molecule has 0 saturated heterocycles. The van der Waals surface area contributed by atoms with E-state index in [1.165, 1.54) is 0 Å². The van der Waals surface area contributed by atoms with Gasteiger partial charge in [-0.15, -0.1) is 0 Å². The largest absolute Gasteiger partial charge is 0.446 e. The summed E-state index contributed by atoms with van der Waals surface area (Å²) in [6, 6.07) is 2.09. The van der Waals surface area contributed by atoms with Crippen LogP contribution in [0.1, 0.15) is 0 Å². The molecule has 0 aliphatic carbocycles. The number of halogens is 5. The molecule has 130 valence electrons. The van der Waals surface area contributed by atoms with E-state index < -0.39 is 23.9 Å². The predicted molar refractivity (Wildman–Crippen MR) is 83.9 cm³/mol. The van der Waals surface area contributed by atoms with Gasteiger partial charge < -0.3 is 10.4 Å². The monoisotopic (exact) mass is 400 g/mol. The third kappa shape index (κ3) is 4.35. The highest BCUT2D eigenvalue weighted by atomic mass is 35.5. The minimum atomic E-state index is -4.50. The van der Waals surface area contributed by atoms with Gasteiger partial charge in [-0.25, -0.2) is 0 Å². The number of imide groups is 1. The van der Waals surface area contributed by atoms with Crippen LogP contribution in [0.25, 0.3) is 0 Å². The molecule has 11 heteroatoms. The van der Waals surface area contributed by atoms with Crippen LogP contribution in [-0.4, -0.2) is 40.5 Å². The summed E-state index contributed by atoms with van der Waals surface area (Å²) in [6.07, 6.45) is 0.989. The Hall–Kier alpha value is -1.42. The summed E-state index contributed by atoms with van der Waals surface area (Å²) in [6.45, 7) is -0.578. The summed E-state index contributed by atoms with van der Waals surface area (Å²) in [5.74, 6) is -1.33. The Bertz CT molecular complexity index is 702. The zero-order valence-electron chi connectivity index (χ0n) is 11.7. The number of carbonyl (C=O) groups is 2. The van der Waals surface area contributed by atoms with Gasteiger partial charge in [0.15, 0.2) is 0 Å². The van der Waals surface area contributed by atoms with E-state index in [1.54, 1.807) is 0 Å². The molecule has 5 nitrogen and oxygen atoms in total. The van der Waals surface area contributed by atoms with Crippen LogP contribution in [0.4, 0.5) is 18.9 Å². The van der Waals surface area contributed by atoms with E-state index in [2.05, 4.69) is 5.32 Å². The third-order valence-electron chi connectivity index (χ3n) is 2.84. The molecule has 2 N–H and O–H groups in total. The van der Waals surface area contributed by atoms with Crippen molar-refractivity contribution in [2.45, 2.75) is 10.4 Å². The minimum Gasteiger partial charge on any atom is -0.395 e. The van der Waals surface area contributed by atoms with Gasteiger partial charge in [-0.05, 0) is 23.9 Å². The number of rotatable bonds is 5. The first-order valence-electron chi connectivity index (χ1n) is 6.32. The molecular formula is C13H9Cl2F3N2O3S. The summed E-state index contributed by atoms with van der Waals surface area (Å²) in [4.78, 5) is 24.2. The second kappa shape index (κ2) is 7.22. The molecule has 1 heterocycles. The Morgan fingerprint density at radius 2 is 1.79 bits per heavy atom. The van der Waals surface area contributed by atoms with E-state index in [0.717, 1.165) is 23.1 Å². The molecule has 0 spiro atoms. The van der Waals surface area contributed by atoms with Crippen molar-refractivity contribution < 1.29 is 27.9 Å². The Kier molecular flexibility index (Phi) is 5.69. The average Bonchev–Trinajstić information content (AvgIpc) is 2.69. The van der Waals surface area contributed by atoms with Gasteiger partial charge in [0, 0.05) is 11.0 Å². The first-order valence-corrected chi connectivity index (χ1v) is 7.90. The van der Waals surface area contributed by atoms with Crippen LogP contribution in [0, 0.1) is 0 Å². The smallest absolute Gasteiger partial charge is 0.395 e. The topological polar surface area (TPSA) is 69.6 Å². The molecule has 2 amide bonds. The highest BCUT2D eigenvalue weighted by Gasteiger charge is 2.32. The first-order chi connectivity index (χ1) is 11.1. The number of carbonyl (C=O) groups excluding carboxylic acids is 2. The Labute approximate surface area is 148 Å². The maximum Gasteiger partial charge on any atom is 0.446 e. The highest BCUT2D eigenvalue weighted by molar-refractivity contribution is 8.00. The Balaban J connectivity index is 2.24. The fraction of sp³-hybridized carbons (Fsp3) is 0.231. The normalized spacial score (nSPS) is 15.1. The van der Waals surface area contributed by atoms with Crippen molar-refractivity contribution in [3.63, 3.8) is 0 Å². The number of alkyl halides is 3. The van der Waals surface area contributed by atoms with Gasteiger partial charge in [-0.3, -0.25) is 14.5 Å². The molecule has 0 radical (unpaired) electrons. The summed E-state index contributed by atoms with van der Waals surface area (Å²) in [7, 11) is 0. The van der Waals surface area contributed by atoms with E-state index >= 15 is 0 Å². The van der Waals surface area contributed by atoms with E-state index in [9.17, 15) is 22.8 Å². The molecule has 0 fully saturated rings. The second-order valence-electron chi connectivity index (χ2n) is 4.51. The predicted octanol–water partition coefficient (Wildman–Crippen LogP) is 3.26. The van der Waals surface area contributed by atoms with Crippen LogP contribution in [0.3, 0.4) is 0 Å². The van der Waals surface area contributed by atoms with E-state index in [4.69, 9.17) is 28.3 Å². The Morgan fingerprint density at radius 1 is 1.21 bits per heavy atom. The minimum absolute atomic E-state index is 0.00288. The van der Waals surface area contributed by atoms with Crippen molar-refractivity contribution in [1.29, 1.82) is 0 Å². The number of benzene rings is 1. The maximum atomic E-state index is 12.4. The lowest BCUT2D eigenvalue weighted by molar-refractivity contribution is -0.137. The quantitative estimate of drug-likeness (QED) is 0.586. The summed E-state index contributed by atoms with van der Waals surface area (Å²) >= 11 is 11.5. The van der Waals surface area contributed by atoms with Crippen LogP contribution in [0.15, 0.2) is 28.8 Å². The first kappa shape index (κ1) is 18.9. The zero-order valence-corrected chi connectivity index (χ0v) is 14.0. The van der Waals surface area contributed by atoms with E-state index in [-0.39, 0.29) is 44.6 Å². The molecule has 0 saturated carbocycles. The number of amides is 2. The molecular weight excluding hydrogens is 392 g/mol. The van der Waals surface area contributed by atoms with Gasteiger partial charge in [0.05, 0.1) is 28.9 Å². The molecule has 1 aromatic carbocycles. The lowest BCUT2D eigenvalue weighted by Gasteiger charge is -2.15. The fourth-order valence-electron chi connectivity index (χ4n) is 1.91. The van der Waals surface area contributed by atoms with Crippen molar-refractivity contribution in [3.05, 3.63) is 34.0 Å². The number of hydrogen-bond acceptors (Lipinski definition) is 5. The SMILES string of the molecule is O=C1C=C(Nc2c(Cl)cc(SC(F)(F)F)cc2Cl)C(=O)N1CCO. The zero-order chi connectivity index (χ0) is 18.1. The molecule has 0 bridgehead atoms. The summed E-state index contributed by atoms with van der Waals surface area (Å²) in [5.41, 5.74) is -4.64. The lowest BCUT2D eigenvalue weighted by atomic mass is 10.3. The molecule has 0 atom stereocenters. The van der Waals surface area contributed by atoms with Gasteiger partial charge in [0.2, 0.25) is 0 Å². The molecule has 1 aromatic rings. The molecule has 1 aliphatic heterocycles. The van der Waals surface area contributed by atoms with Gasteiger partial charge in [-0.1, -0.05) is 23.2 Å². The van der Waals surface area contributed by atoms with Crippen molar-refractivity contribution in [2.75, 3.05) is 18.5 Å². The third-order valence-corrected chi connectivity index (χ3v) is 4.14. The maximum absolute atomic E-state index is 12.4. The van der Waals surface area contributed by atoms with E-state index in [0.29, 0.717) is 0 Å². The molecule has 1 aliphatic rings. The number of hydrogen-bond donors (Lipinski definition) is 2. The van der Waals surface area contributed by atoms with Crippen LogP contribution < -0.4 is 5.32 Å². The molecule has 2 rings (SSSR count). The van der Waals surface area contributed by atoms with Gasteiger partial charge in [-0.2, -0.15) is 13.2 Å². The van der Waals surface area contributed by atoms with E-state index in [1.807, 2.05) is 0 Å². The molecule has 24 heavy (non-hydrogen) atoms. The van der Waals surface area contributed by atoms with Crippen molar-refractivity contribution in [1.82, 2.24) is 4.90 Å². The number of anilines is 1. The van der Waals surface area contributed by atoms with Gasteiger partial charge >= 0.3 is 5.51 Å². The van der Waals surface area contributed by atoms with Crippen LogP contribution in [0.2, 0.25) is 10.0 Å². The summed E-state index contributed by atoms with van der Waals surface area (Å²) in [5, 5.41) is 11.1. The Morgan fingerprint density at radius 3 is 2.29 bits per heavy atom. The number of nitrogens with one attached hydrogen (secondary N) is 1. The van der Waals surface area contributed by atoms with Crippen LogP contribution in [-0.2, 0) is 9.59 Å². The molecule has 0 aromatic heterocycles. The van der Waals surface area contributed by atoms with Crippen LogP contribution in [0.5, 0.6) is 0 Å². The van der Waals surface area contributed by atoms with Crippen LogP contribution >= 0.6 is 35.0 Å². The number of β-amino-alcohol motifs (C(OH)–C–C–N with tert-alkyl or cyclic N) is 1. The second-order valence-corrected chi connectivity index (χ2v) is 6.46. The van der Waals surface area contributed by atoms with Crippen molar-refractivity contribution >= 4 is 52.5 Å². The number of nitrogens with zero attached hydrogens (tertiary/aromatic N) is 1. The number of thioether (sulfide) groups is 1. The van der Waals surface area contributed by atoms with Crippen molar-refractivity contribution in [2.24, 2.45) is 0 Å². The van der Waals surface area contributed by atoms with Crippen molar-refractivity contribution in [3.8, 4) is 0 Å². The fourth-order valence-corrected chi connectivity index (χ4v) is 3.24. The van der Waals surface area contributed by atoms with Gasteiger partial charge in [0.1, 0.15) is 5.70 Å². The average molecular weight is 401 g/mol. The lowest BCUT2D eigenvalue weighted by Crippen LogP contribution is -2.34. The number of aliphatic hydroxyl groups excluding tert-OH is 1. The summed E-state index contributed by atoms with van der Waals surface area (Å²) < 4.78 is 37.2. The number of aliphatic hydroxyl groups is 1.